The van der Waals surface area contributed by atoms with E-state index in [9.17, 15) is 0 Å². The van der Waals surface area contributed by atoms with Gasteiger partial charge in [-0.25, -0.2) is 0 Å². The minimum atomic E-state index is 0. The molecule has 4 unspecified atom stereocenters. The summed E-state index contributed by atoms with van der Waals surface area (Å²) in [5.74, 6) is 0. The molecule has 7 heteroatoms. The van der Waals surface area contributed by atoms with E-state index in [-0.39, 0.29) is 28.7 Å². The molecule has 0 bridgehead atoms. The maximum atomic E-state index is 3.65. The Morgan fingerprint density at radius 2 is 1.57 bits per heavy atom. The Morgan fingerprint density at radius 3 is 2.14 bits per heavy atom. The van der Waals surface area contributed by atoms with E-state index < -0.39 is 0 Å². The van der Waals surface area contributed by atoms with Crippen LogP contribution in [0.25, 0.3) is 0 Å². The average Bonchev–Trinajstić information content (AvgIpc) is 2.32. The maximum Gasteiger partial charge on any atom is -1.00 e. The van der Waals surface area contributed by atoms with Crippen LogP contribution in [0.2, 0.25) is 0 Å². The first kappa shape index (κ1) is 24.4. The second-order valence-electron chi connectivity index (χ2n) is 6.53. The number of likely N-dealkylation sites (N-methyl/N-ethyl adjacent to an activating group) is 2. The molecule has 0 spiro atoms. The predicted octanol–water partition coefficient (Wildman–Crippen LogP) is -5.52. The van der Waals surface area contributed by atoms with Crippen LogP contribution in [0.4, 0.5) is 0 Å². The second kappa shape index (κ2) is 10.8. The van der Waals surface area contributed by atoms with Crippen LogP contribution in [0.1, 0.15) is 27.7 Å². The van der Waals surface area contributed by atoms with Crippen molar-refractivity contribution in [2.24, 2.45) is 0 Å². The average molecular weight is 374 g/mol. The zero-order valence-electron chi connectivity index (χ0n) is 14.2. The van der Waals surface area contributed by atoms with Crippen LogP contribution >= 0.6 is 0 Å². The molecule has 1 fully saturated rings. The van der Waals surface area contributed by atoms with Gasteiger partial charge in [-0.15, -0.1) is 0 Å². The van der Waals surface area contributed by atoms with E-state index in [1.54, 1.807) is 0 Å². The molecule has 4 atom stereocenters. The Labute approximate surface area is 155 Å². The van der Waals surface area contributed by atoms with Crippen molar-refractivity contribution >= 4 is 0 Å². The zero-order valence-corrected chi connectivity index (χ0v) is 17.3. The van der Waals surface area contributed by atoms with Crippen molar-refractivity contribution in [3.63, 3.8) is 0 Å². The summed E-state index contributed by atoms with van der Waals surface area (Å²) < 4.78 is 0.189. The first-order valence-electron chi connectivity index (χ1n) is 7.35. The summed E-state index contributed by atoms with van der Waals surface area (Å²) in [5, 5.41) is 7.27. The molecule has 125 valence electrons. The monoisotopic (exact) mass is 373 g/mol. The van der Waals surface area contributed by atoms with Crippen LogP contribution in [-0.2, 0) is 20.4 Å². The third-order valence-electron chi connectivity index (χ3n) is 4.26. The summed E-state index contributed by atoms with van der Waals surface area (Å²) in [6, 6.07) is 1.62. The van der Waals surface area contributed by atoms with Gasteiger partial charge in [0.2, 0.25) is 0 Å². The number of rotatable bonds is 0. The van der Waals surface area contributed by atoms with Gasteiger partial charge in [0.1, 0.15) is 0 Å². The molecule has 0 aromatic heterocycles. The first-order valence-corrected chi connectivity index (χ1v) is 8.13. The van der Waals surface area contributed by atoms with Gasteiger partial charge in [0.15, 0.2) is 0 Å². The van der Waals surface area contributed by atoms with Gasteiger partial charge >= 0.3 is 131 Å². The van der Waals surface area contributed by atoms with Gasteiger partial charge in [0.05, 0.1) is 0 Å². The SMILES string of the molecule is CC1CNC(C)CN(C)C(C)CN(C)[C](C)([Ti+2])CN1.[Cl-].[Cl-]. The Kier molecular flexibility index (Phi) is 12.6. The maximum absolute atomic E-state index is 3.65. The fourth-order valence-corrected chi connectivity index (χ4v) is 2.67. The van der Waals surface area contributed by atoms with Crippen molar-refractivity contribution in [3.8, 4) is 0 Å². The van der Waals surface area contributed by atoms with Gasteiger partial charge in [0.25, 0.3) is 0 Å². The van der Waals surface area contributed by atoms with Gasteiger partial charge in [-0.1, -0.05) is 0 Å². The van der Waals surface area contributed by atoms with E-state index >= 15 is 0 Å². The van der Waals surface area contributed by atoms with Crippen molar-refractivity contribution in [3.05, 3.63) is 0 Å². The summed E-state index contributed by atoms with van der Waals surface area (Å²) in [6.45, 7) is 13.4. The number of hydrogen-bond acceptors (Lipinski definition) is 4. The molecule has 0 amide bonds. The number of halogens is 2. The van der Waals surface area contributed by atoms with E-state index in [0.29, 0.717) is 18.1 Å². The first-order chi connectivity index (χ1) is 8.72. The van der Waals surface area contributed by atoms with E-state index in [1.165, 1.54) is 0 Å². The van der Waals surface area contributed by atoms with Crippen molar-refractivity contribution in [1.29, 1.82) is 0 Å². The molecule has 0 aliphatic carbocycles. The summed E-state index contributed by atoms with van der Waals surface area (Å²) in [4.78, 5) is 4.94. The Morgan fingerprint density at radius 1 is 1.00 bits per heavy atom. The molecule has 0 aromatic rings. The molecule has 0 aromatic carbocycles. The molecule has 0 radical (unpaired) electrons. The molecular weight excluding hydrogens is 343 g/mol. The van der Waals surface area contributed by atoms with Crippen LogP contribution in [-0.4, -0.2) is 72.0 Å². The third-order valence-corrected chi connectivity index (χ3v) is 5.13. The normalized spacial score (nSPS) is 37.6. The quantitative estimate of drug-likeness (QED) is 0.415. The predicted molar refractivity (Wildman–Crippen MR) is 78.1 cm³/mol. The smallest absolute Gasteiger partial charge is 1.00 e. The van der Waals surface area contributed by atoms with Crippen LogP contribution in [0.5, 0.6) is 0 Å². The standard InChI is InChI=1S/C14H31N4.2ClH.Ti/c1-11-7-15-12(2)9-17(5)14(4)10-18(6)13(3)8-16-11;;;/h11-12,14-16H,7-10H2,1-6H3;2*1H;/q;;;+2/p-2. The van der Waals surface area contributed by atoms with Gasteiger partial charge in [-0.2, -0.15) is 0 Å². The number of hydrogen-bond donors (Lipinski definition) is 2. The van der Waals surface area contributed by atoms with Crippen LogP contribution in [0, 0.1) is 0 Å². The third kappa shape index (κ3) is 8.52. The van der Waals surface area contributed by atoms with Gasteiger partial charge < -0.3 is 24.8 Å². The van der Waals surface area contributed by atoms with Gasteiger partial charge in [0, 0.05) is 0 Å². The van der Waals surface area contributed by atoms with Crippen LogP contribution in [0.15, 0.2) is 0 Å². The van der Waals surface area contributed by atoms with Crippen LogP contribution in [0.3, 0.4) is 0 Å². The van der Waals surface area contributed by atoms with Crippen molar-refractivity contribution in [1.82, 2.24) is 20.4 Å². The topological polar surface area (TPSA) is 30.5 Å². The van der Waals surface area contributed by atoms with Crippen molar-refractivity contribution in [2.45, 2.75) is 49.7 Å². The Balaban J connectivity index is 0. The van der Waals surface area contributed by atoms with E-state index in [4.69, 9.17) is 0 Å². The molecule has 0 saturated carbocycles. The molecule has 1 saturated heterocycles. The van der Waals surface area contributed by atoms with Crippen LogP contribution < -0.4 is 35.4 Å². The molecule has 2 N–H and O–H groups in total. The van der Waals surface area contributed by atoms with Gasteiger partial charge in [-0.05, 0) is 0 Å². The Hall–Kier alpha value is 1.13. The number of nitrogens with zero attached hydrogens (tertiary/aromatic N) is 2. The summed E-state index contributed by atoms with van der Waals surface area (Å²) in [5.41, 5.74) is 0. The molecule has 1 rings (SSSR count). The molecule has 21 heavy (non-hydrogen) atoms. The van der Waals surface area contributed by atoms with E-state index in [2.05, 4.69) is 82.7 Å². The van der Waals surface area contributed by atoms with Crippen molar-refractivity contribution in [2.75, 3.05) is 40.3 Å². The zero-order chi connectivity index (χ0) is 14.6. The summed E-state index contributed by atoms with van der Waals surface area (Å²) >= 11 is 2.32. The molecular formula is C14H31Cl2N4Ti. The van der Waals surface area contributed by atoms with E-state index in [1.807, 2.05) is 0 Å². The summed E-state index contributed by atoms with van der Waals surface area (Å²) in [6.07, 6.45) is 0. The molecule has 4 nitrogen and oxygen atoms in total. The fourth-order valence-electron chi connectivity index (χ4n) is 2.37. The molecule has 1 aliphatic rings. The minimum absolute atomic E-state index is 0. The Bertz CT molecular complexity index is 282. The summed E-state index contributed by atoms with van der Waals surface area (Å²) in [7, 11) is 4.47. The second-order valence-corrected chi connectivity index (χ2v) is 8.22. The van der Waals surface area contributed by atoms with Crippen molar-refractivity contribution < 1.29 is 45.2 Å². The fraction of sp³-hybridized carbons (Fsp3) is 1.00. The molecule has 1 heterocycles. The van der Waals surface area contributed by atoms with E-state index in [0.717, 1.165) is 26.2 Å². The van der Waals surface area contributed by atoms with Gasteiger partial charge in [-0.3, -0.25) is 0 Å². The largest absolute Gasteiger partial charge is 1.00 e. The minimum Gasteiger partial charge on any atom is -1.00 e. The molecule has 1 aliphatic heterocycles. The number of nitrogens with one attached hydrogen (secondary N) is 2.